The van der Waals surface area contributed by atoms with Crippen LogP contribution in [-0.2, 0) is 18.5 Å². The van der Waals surface area contributed by atoms with Crippen molar-refractivity contribution in [3.8, 4) is 11.5 Å². The molecule has 3 heterocycles. The third kappa shape index (κ3) is 6.73. The average molecular weight is 624 g/mol. The standard InChI is InChI=1S/C35H38FN7O3/c1-35(2,3)26-11-9-25(10-12-26)33(44)41(4)16-17-42(5)34-39-31(37-19-24-8-15-28-29(18-24)46-22-45-28)30-32(40-34)43(21-38-30)20-23-6-13-27(36)14-7-23/h6-15,18,21H,16-17,19-20,22H2,1-5H3,(H,37,39,40). The molecule has 238 valence electrons. The van der Waals surface area contributed by atoms with Crippen LogP contribution < -0.4 is 19.7 Å². The van der Waals surface area contributed by atoms with Gasteiger partial charge in [0.15, 0.2) is 28.5 Å². The second-order valence-corrected chi connectivity index (χ2v) is 12.6. The molecular formula is C35H38FN7O3. The first kappa shape index (κ1) is 30.8. The lowest BCUT2D eigenvalue weighted by molar-refractivity contribution is 0.0798. The molecule has 0 saturated carbocycles. The second kappa shape index (κ2) is 12.7. The van der Waals surface area contributed by atoms with E-state index < -0.39 is 0 Å². The van der Waals surface area contributed by atoms with E-state index in [0.717, 1.165) is 16.9 Å². The Kier molecular flexibility index (Phi) is 8.48. The molecule has 0 unspecified atom stereocenters. The molecule has 1 aliphatic rings. The number of imidazole rings is 1. The Bertz CT molecular complexity index is 1850. The third-order valence-electron chi connectivity index (χ3n) is 8.07. The van der Waals surface area contributed by atoms with Crippen molar-refractivity contribution in [2.75, 3.05) is 44.2 Å². The molecule has 0 saturated heterocycles. The van der Waals surface area contributed by atoms with E-state index in [1.807, 2.05) is 59.0 Å². The minimum Gasteiger partial charge on any atom is -0.454 e. The highest BCUT2D eigenvalue weighted by Gasteiger charge is 2.20. The molecule has 0 bridgehead atoms. The van der Waals surface area contributed by atoms with Gasteiger partial charge in [0.25, 0.3) is 5.91 Å². The molecule has 0 spiro atoms. The van der Waals surface area contributed by atoms with E-state index in [1.165, 1.54) is 17.7 Å². The molecule has 1 N–H and O–H groups in total. The van der Waals surface area contributed by atoms with Crippen molar-refractivity contribution in [1.29, 1.82) is 0 Å². The number of benzene rings is 3. The molecule has 1 aliphatic heterocycles. The van der Waals surface area contributed by atoms with Crippen LogP contribution in [0.5, 0.6) is 11.5 Å². The highest BCUT2D eigenvalue weighted by molar-refractivity contribution is 5.94. The van der Waals surface area contributed by atoms with Gasteiger partial charge in [-0.05, 0) is 58.5 Å². The SMILES string of the molecule is CN(CCN(C)c1nc(NCc2ccc3c(c2)OCO3)c2ncn(Cc3ccc(F)cc3)c2n1)C(=O)c1ccc(C(C)(C)C)cc1. The van der Waals surface area contributed by atoms with Crippen molar-refractivity contribution in [1.82, 2.24) is 24.4 Å². The Labute approximate surface area is 267 Å². The number of rotatable bonds is 10. The van der Waals surface area contributed by atoms with Crippen LogP contribution in [-0.4, -0.2) is 64.3 Å². The van der Waals surface area contributed by atoms with Gasteiger partial charge in [-0.2, -0.15) is 9.97 Å². The monoisotopic (exact) mass is 623 g/mol. The van der Waals surface area contributed by atoms with Crippen molar-refractivity contribution in [2.24, 2.45) is 0 Å². The molecule has 46 heavy (non-hydrogen) atoms. The summed E-state index contributed by atoms with van der Waals surface area (Å²) in [6.07, 6.45) is 1.72. The lowest BCUT2D eigenvalue weighted by atomic mass is 9.86. The Morgan fingerprint density at radius 2 is 1.65 bits per heavy atom. The van der Waals surface area contributed by atoms with E-state index in [0.29, 0.717) is 60.4 Å². The Hall–Kier alpha value is -5.19. The van der Waals surface area contributed by atoms with Crippen LogP contribution in [0.1, 0.15) is 47.8 Å². The lowest BCUT2D eigenvalue weighted by Gasteiger charge is -2.23. The topological polar surface area (TPSA) is 97.6 Å². The molecule has 10 nitrogen and oxygen atoms in total. The number of ether oxygens (including phenoxy) is 2. The van der Waals surface area contributed by atoms with Crippen LogP contribution in [0.2, 0.25) is 0 Å². The van der Waals surface area contributed by atoms with Crippen molar-refractivity contribution in [2.45, 2.75) is 39.3 Å². The van der Waals surface area contributed by atoms with Gasteiger partial charge in [-0.1, -0.05) is 51.1 Å². The maximum absolute atomic E-state index is 13.6. The summed E-state index contributed by atoms with van der Waals surface area (Å²) < 4.78 is 26.5. The van der Waals surface area contributed by atoms with Crippen LogP contribution in [0.25, 0.3) is 11.2 Å². The van der Waals surface area contributed by atoms with E-state index in [4.69, 9.17) is 19.4 Å². The first-order chi connectivity index (χ1) is 22.0. The van der Waals surface area contributed by atoms with Gasteiger partial charge in [0.1, 0.15) is 5.82 Å². The summed E-state index contributed by atoms with van der Waals surface area (Å²) in [4.78, 5) is 31.2. The maximum atomic E-state index is 13.6. The highest BCUT2D eigenvalue weighted by atomic mass is 19.1. The first-order valence-electron chi connectivity index (χ1n) is 15.2. The maximum Gasteiger partial charge on any atom is 0.253 e. The number of halogens is 1. The van der Waals surface area contributed by atoms with Crippen molar-refractivity contribution < 1.29 is 18.7 Å². The van der Waals surface area contributed by atoms with Gasteiger partial charge in [0, 0.05) is 39.3 Å². The number of nitrogens with one attached hydrogen (secondary N) is 1. The number of fused-ring (bicyclic) bond motifs is 2. The molecule has 0 atom stereocenters. The predicted octanol–water partition coefficient (Wildman–Crippen LogP) is 5.86. The summed E-state index contributed by atoms with van der Waals surface area (Å²) >= 11 is 0. The van der Waals surface area contributed by atoms with Gasteiger partial charge in [0.05, 0.1) is 12.9 Å². The largest absolute Gasteiger partial charge is 0.454 e. The number of nitrogens with zero attached hydrogens (tertiary/aromatic N) is 6. The Morgan fingerprint density at radius 1 is 0.935 bits per heavy atom. The quantitative estimate of drug-likeness (QED) is 0.207. The number of hydrogen-bond donors (Lipinski definition) is 1. The zero-order valence-electron chi connectivity index (χ0n) is 26.7. The molecule has 3 aromatic carbocycles. The van der Waals surface area contributed by atoms with E-state index in [9.17, 15) is 9.18 Å². The normalized spacial score (nSPS) is 12.4. The Morgan fingerprint density at radius 3 is 2.39 bits per heavy atom. The van der Waals surface area contributed by atoms with E-state index in [-0.39, 0.29) is 23.9 Å². The predicted molar refractivity (Wildman–Crippen MR) is 176 cm³/mol. The number of carbonyl (C=O) groups excluding carboxylic acids is 1. The van der Waals surface area contributed by atoms with E-state index in [2.05, 4.69) is 31.1 Å². The zero-order valence-corrected chi connectivity index (χ0v) is 26.7. The summed E-state index contributed by atoms with van der Waals surface area (Å²) in [6, 6.07) is 20.0. The highest BCUT2D eigenvalue weighted by Crippen LogP contribution is 2.33. The summed E-state index contributed by atoms with van der Waals surface area (Å²) in [6.45, 7) is 8.57. The fourth-order valence-electron chi connectivity index (χ4n) is 5.20. The van der Waals surface area contributed by atoms with Gasteiger partial charge in [-0.25, -0.2) is 9.37 Å². The van der Waals surface area contributed by atoms with Crippen LogP contribution in [0.15, 0.2) is 73.1 Å². The third-order valence-corrected chi connectivity index (χ3v) is 8.07. The number of hydrogen-bond acceptors (Lipinski definition) is 8. The Balaban J connectivity index is 1.22. The van der Waals surface area contributed by atoms with Crippen LogP contribution in [0.4, 0.5) is 16.2 Å². The average Bonchev–Trinajstić information content (AvgIpc) is 3.69. The smallest absolute Gasteiger partial charge is 0.253 e. The summed E-state index contributed by atoms with van der Waals surface area (Å²) in [5.74, 6) is 2.16. The number of likely N-dealkylation sites (N-methyl/N-ethyl adjacent to an activating group) is 2. The molecule has 1 amide bonds. The number of amides is 1. The molecule has 0 fully saturated rings. The molecule has 0 aliphatic carbocycles. The minimum absolute atomic E-state index is 0.0177. The lowest BCUT2D eigenvalue weighted by Crippen LogP contribution is -2.35. The fraction of sp³-hybridized carbons (Fsp3) is 0.314. The van der Waals surface area contributed by atoms with E-state index >= 15 is 0 Å². The molecule has 11 heteroatoms. The summed E-state index contributed by atoms with van der Waals surface area (Å²) in [7, 11) is 3.70. The number of carbonyl (C=O) groups is 1. The molecule has 6 rings (SSSR count). The fourth-order valence-corrected chi connectivity index (χ4v) is 5.20. The van der Waals surface area contributed by atoms with Crippen molar-refractivity contribution >= 4 is 28.8 Å². The van der Waals surface area contributed by atoms with Gasteiger partial charge in [-0.3, -0.25) is 4.79 Å². The van der Waals surface area contributed by atoms with Gasteiger partial charge in [0.2, 0.25) is 12.7 Å². The number of anilines is 2. The molecular weight excluding hydrogens is 585 g/mol. The van der Waals surface area contributed by atoms with Crippen molar-refractivity contribution in [3.63, 3.8) is 0 Å². The summed E-state index contributed by atoms with van der Waals surface area (Å²) in [5.41, 5.74) is 5.01. The summed E-state index contributed by atoms with van der Waals surface area (Å²) in [5, 5.41) is 3.43. The minimum atomic E-state index is -0.286. The molecule has 2 aromatic heterocycles. The zero-order chi connectivity index (χ0) is 32.4. The van der Waals surface area contributed by atoms with Crippen LogP contribution in [0.3, 0.4) is 0 Å². The number of aromatic nitrogens is 4. The van der Waals surface area contributed by atoms with Crippen LogP contribution in [0, 0.1) is 5.82 Å². The van der Waals surface area contributed by atoms with Crippen molar-refractivity contribution in [3.05, 3.63) is 101 Å². The second-order valence-electron chi connectivity index (χ2n) is 12.6. The molecule has 5 aromatic rings. The molecule has 0 radical (unpaired) electrons. The van der Waals surface area contributed by atoms with Crippen LogP contribution >= 0.6 is 0 Å². The van der Waals surface area contributed by atoms with Gasteiger partial charge < -0.3 is 29.2 Å². The first-order valence-corrected chi connectivity index (χ1v) is 15.2. The van der Waals surface area contributed by atoms with Gasteiger partial charge in [-0.15, -0.1) is 0 Å². The van der Waals surface area contributed by atoms with Gasteiger partial charge >= 0.3 is 0 Å². The van der Waals surface area contributed by atoms with E-state index in [1.54, 1.807) is 30.4 Å².